The van der Waals surface area contributed by atoms with E-state index in [4.69, 9.17) is 9.47 Å². The number of benzene rings is 1. The third kappa shape index (κ3) is 4.09. The van der Waals surface area contributed by atoms with Gasteiger partial charge in [0, 0.05) is 35.8 Å². The van der Waals surface area contributed by atoms with E-state index in [-0.39, 0.29) is 5.75 Å². The Balaban J connectivity index is 1.82. The van der Waals surface area contributed by atoms with Crippen LogP contribution in [0, 0.1) is 10.1 Å². The van der Waals surface area contributed by atoms with Crippen molar-refractivity contribution in [3.63, 3.8) is 0 Å². The van der Waals surface area contributed by atoms with E-state index in [1.165, 1.54) is 24.5 Å². The molecule has 172 valence electrons. The van der Waals surface area contributed by atoms with Gasteiger partial charge < -0.3 is 9.47 Å². The van der Waals surface area contributed by atoms with Crippen LogP contribution >= 0.6 is 0 Å². The zero-order chi connectivity index (χ0) is 24.0. The number of carbonyl (C=O) groups excluding carboxylic acids is 1. The molecule has 0 fully saturated rings. The minimum absolute atomic E-state index is 0.0403. The number of aryl methyl sites for hydroxylation is 1. The van der Waals surface area contributed by atoms with Gasteiger partial charge in [0.15, 0.2) is 0 Å². The number of hydrogen-bond acceptors (Lipinski definition) is 7. The molecule has 1 aliphatic carbocycles. The normalized spacial score (nSPS) is 20.2. The number of nitro groups is 1. The fraction of sp³-hybridized carbons (Fsp3) is 0.318. The molecule has 10 nitrogen and oxygen atoms in total. The lowest BCUT2D eigenvalue weighted by atomic mass is 10.0. The number of nitrogens with zero attached hydrogens (tertiary/aromatic N) is 5. The van der Waals surface area contributed by atoms with Gasteiger partial charge in [-0.05, 0) is 39.0 Å². The van der Waals surface area contributed by atoms with E-state index in [0.29, 0.717) is 22.0 Å². The Morgan fingerprint density at radius 2 is 2.00 bits per heavy atom. The van der Waals surface area contributed by atoms with Crippen LogP contribution in [0.1, 0.15) is 20.8 Å². The quantitative estimate of drug-likeness (QED) is 0.331. The Kier molecular flexibility index (Phi) is 5.27. The van der Waals surface area contributed by atoms with Gasteiger partial charge in [0.05, 0.1) is 22.8 Å². The maximum absolute atomic E-state index is 14.8. The number of allylic oxidation sites excluding steroid dienone is 2. The fourth-order valence-corrected chi connectivity index (χ4v) is 3.41. The zero-order valence-electron chi connectivity index (χ0n) is 18.4. The second kappa shape index (κ2) is 7.84. The van der Waals surface area contributed by atoms with Gasteiger partial charge >= 0.3 is 11.8 Å². The van der Waals surface area contributed by atoms with Crippen molar-refractivity contribution in [2.75, 3.05) is 0 Å². The van der Waals surface area contributed by atoms with Gasteiger partial charge in [0.2, 0.25) is 6.17 Å². The molecule has 0 saturated heterocycles. The van der Waals surface area contributed by atoms with Crippen LogP contribution < -0.4 is 4.74 Å². The maximum Gasteiger partial charge on any atom is 0.435 e. The summed E-state index contributed by atoms with van der Waals surface area (Å²) in [7, 11) is 1.74. The van der Waals surface area contributed by atoms with Gasteiger partial charge in [-0.2, -0.15) is 14.9 Å². The molecule has 1 aliphatic rings. The van der Waals surface area contributed by atoms with Gasteiger partial charge in [-0.25, -0.2) is 9.18 Å². The lowest BCUT2D eigenvalue weighted by molar-refractivity contribution is -0.606. The molecule has 0 bridgehead atoms. The Bertz CT molecular complexity index is 1300. The molecule has 3 aromatic rings. The van der Waals surface area contributed by atoms with Crippen LogP contribution in [0.15, 0.2) is 55.0 Å². The highest BCUT2D eigenvalue weighted by atomic mass is 19.1. The van der Waals surface area contributed by atoms with Crippen molar-refractivity contribution in [3.05, 3.63) is 65.1 Å². The van der Waals surface area contributed by atoms with Crippen molar-refractivity contribution in [2.45, 2.75) is 38.3 Å². The molecule has 2 unspecified atom stereocenters. The van der Waals surface area contributed by atoms with Crippen LogP contribution in [-0.2, 0) is 11.8 Å². The minimum Gasteiger partial charge on any atom is -0.442 e. The summed E-state index contributed by atoms with van der Waals surface area (Å²) in [5.74, 6) is 0.0403. The van der Waals surface area contributed by atoms with Crippen molar-refractivity contribution in [2.24, 2.45) is 7.05 Å². The average Bonchev–Trinajstić information content (AvgIpc) is 3.35. The minimum atomic E-state index is -2.44. The van der Waals surface area contributed by atoms with Gasteiger partial charge in [-0.3, -0.25) is 14.8 Å². The Morgan fingerprint density at radius 3 is 2.67 bits per heavy atom. The molecule has 2 heterocycles. The second-order valence-electron chi connectivity index (χ2n) is 8.59. The molecule has 11 heteroatoms. The molecule has 1 aromatic carbocycles. The summed E-state index contributed by atoms with van der Waals surface area (Å²) in [6.07, 6.45) is 6.55. The van der Waals surface area contributed by atoms with Crippen molar-refractivity contribution in [3.8, 4) is 16.9 Å². The predicted molar refractivity (Wildman–Crippen MR) is 117 cm³/mol. The number of alkyl halides is 1. The summed E-state index contributed by atoms with van der Waals surface area (Å²) >= 11 is 0. The first-order chi connectivity index (χ1) is 15.5. The highest BCUT2D eigenvalue weighted by Gasteiger charge is 2.52. The second-order valence-corrected chi connectivity index (χ2v) is 8.59. The lowest BCUT2D eigenvalue weighted by Crippen LogP contribution is -2.51. The maximum atomic E-state index is 14.8. The Hall–Kier alpha value is -4.02. The molecule has 2 atom stereocenters. The van der Waals surface area contributed by atoms with Gasteiger partial charge in [0.1, 0.15) is 11.4 Å². The lowest BCUT2D eigenvalue weighted by Gasteiger charge is -2.27. The van der Waals surface area contributed by atoms with Crippen molar-refractivity contribution < 1.29 is 23.6 Å². The summed E-state index contributed by atoms with van der Waals surface area (Å²) in [5, 5.41) is 20.8. The smallest absolute Gasteiger partial charge is 0.435 e. The SMILES string of the molecule is Cn1ncc2cc(OC3([N+](=O)[O-])C=CC=CC3F)c(-c3cnn(C(=O)OC(C)(C)C)c3)cc21. The molecular weight excluding hydrogens is 433 g/mol. The van der Waals surface area contributed by atoms with E-state index in [2.05, 4.69) is 10.2 Å². The number of hydrogen-bond donors (Lipinski definition) is 0. The number of halogens is 1. The first-order valence-corrected chi connectivity index (χ1v) is 10.1. The van der Waals surface area contributed by atoms with Crippen molar-refractivity contribution in [1.82, 2.24) is 19.6 Å². The molecule has 0 saturated carbocycles. The zero-order valence-corrected chi connectivity index (χ0v) is 18.4. The van der Waals surface area contributed by atoms with E-state index in [0.717, 1.165) is 16.8 Å². The molecule has 0 aliphatic heterocycles. The van der Waals surface area contributed by atoms with Crippen LogP contribution in [0.3, 0.4) is 0 Å². The fourth-order valence-electron chi connectivity index (χ4n) is 3.41. The van der Waals surface area contributed by atoms with Crippen LogP contribution in [0.25, 0.3) is 22.0 Å². The highest BCUT2D eigenvalue weighted by Crippen LogP contribution is 2.38. The molecule has 2 aromatic heterocycles. The molecule has 4 rings (SSSR count). The molecule has 0 N–H and O–H groups in total. The van der Waals surface area contributed by atoms with E-state index in [9.17, 15) is 19.3 Å². The number of carbonyl (C=O) groups is 1. The molecule has 0 radical (unpaired) electrons. The van der Waals surface area contributed by atoms with Crippen LogP contribution in [-0.4, -0.2) is 48.1 Å². The molecule has 0 spiro atoms. The van der Waals surface area contributed by atoms with E-state index in [1.54, 1.807) is 50.8 Å². The number of aromatic nitrogens is 4. The Morgan fingerprint density at radius 1 is 1.24 bits per heavy atom. The van der Waals surface area contributed by atoms with Gasteiger partial charge in [-0.1, -0.05) is 12.2 Å². The van der Waals surface area contributed by atoms with Crippen LogP contribution in [0.5, 0.6) is 5.75 Å². The van der Waals surface area contributed by atoms with E-state index < -0.39 is 28.5 Å². The number of rotatable bonds is 4. The molecule has 33 heavy (non-hydrogen) atoms. The number of ether oxygens (including phenoxy) is 2. The third-order valence-corrected chi connectivity index (χ3v) is 5.00. The van der Waals surface area contributed by atoms with Crippen LogP contribution in [0.2, 0.25) is 0 Å². The standard InChI is InChI=1S/C22H22FN5O5/c1-21(2,3)33-20(29)27-13-15(12-25-27)16-10-17-14(11-24-26(17)4)9-18(16)32-22(28(30)31)8-6-5-7-19(22)23/h5-13,19H,1-4H3. The Labute approximate surface area is 188 Å². The first kappa shape index (κ1) is 22.2. The highest BCUT2D eigenvalue weighted by molar-refractivity contribution is 5.88. The van der Waals surface area contributed by atoms with E-state index in [1.807, 2.05) is 0 Å². The molecule has 0 amide bonds. The first-order valence-electron chi connectivity index (χ1n) is 10.1. The topological polar surface area (TPSA) is 114 Å². The van der Waals surface area contributed by atoms with E-state index >= 15 is 0 Å². The summed E-state index contributed by atoms with van der Waals surface area (Å²) in [5.41, 5.74) is -1.67. The summed E-state index contributed by atoms with van der Waals surface area (Å²) in [6.45, 7) is 5.19. The van der Waals surface area contributed by atoms with Gasteiger partial charge in [0.25, 0.3) is 0 Å². The van der Waals surface area contributed by atoms with Gasteiger partial charge in [-0.15, -0.1) is 0 Å². The van der Waals surface area contributed by atoms with Crippen molar-refractivity contribution in [1.29, 1.82) is 0 Å². The average molecular weight is 455 g/mol. The monoisotopic (exact) mass is 455 g/mol. The summed E-state index contributed by atoms with van der Waals surface area (Å²) < 4.78 is 28.5. The largest absolute Gasteiger partial charge is 0.442 e. The number of fused-ring (bicyclic) bond motifs is 1. The predicted octanol–water partition coefficient (Wildman–Crippen LogP) is 4.04. The summed E-state index contributed by atoms with van der Waals surface area (Å²) in [4.78, 5) is 23.5. The molecular formula is C22H22FN5O5. The van der Waals surface area contributed by atoms with Crippen LogP contribution in [0.4, 0.5) is 9.18 Å². The third-order valence-electron chi connectivity index (χ3n) is 5.00. The summed E-state index contributed by atoms with van der Waals surface area (Å²) in [6, 6.07) is 3.24. The van der Waals surface area contributed by atoms with Crippen molar-refractivity contribution >= 4 is 17.0 Å².